The number of fused-ring (bicyclic) bond motifs is 1. The molecule has 2 heterocycles. The third-order valence-electron chi connectivity index (χ3n) is 5.48. The lowest BCUT2D eigenvalue weighted by Gasteiger charge is -2.14. The van der Waals surface area contributed by atoms with Crippen LogP contribution in [0.1, 0.15) is 21.6 Å². The van der Waals surface area contributed by atoms with Gasteiger partial charge in [0.05, 0.1) is 16.0 Å². The number of carboxylic acids is 1. The number of aromatic hydroxyl groups is 1. The van der Waals surface area contributed by atoms with E-state index >= 15 is 0 Å². The summed E-state index contributed by atoms with van der Waals surface area (Å²) in [6, 6.07) is 10.3. The van der Waals surface area contributed by atoms with Crippen molar-refractivity contribution in [2.75, 3.05) is 0 Å². The number of halogens is 3. The molecule has 1 atom stereocenters. The number of phenolic OH excluding ortho intramolecular Hbond substituents is 1. The molecule has 0 saturated carbocycles. The summed E-state index contributed by atoms with van der Waals surface area (Å²) < 4.78 is 67.6. The van der Waals surface area contributed by atoms with E-state index in [4.69, 9.17) is 0 Å². The van der Waals surface area contributed by atoms with E-state index in [1.807, 2.05) is 0 Å². The molecule has 0 fully saturated rings. The Morgan fingerprint density at radius 2 is 1.81 bits per heavy atom. The lowest BCUT2D eigenvalue weighted by atomic mass is 10.1. The first-order valence-corrected chi connectivity index (χ1v) is 13.0. The van der Waals surface area contributed by atoms with Gasteiger partial charge in [-0.3, -0.25) is 4.79 Å². The van der Waals surface area contributed by atoms with E-state index in [0.29, 0.717) is 26.9 Å². The van der Waals surface area contributed by atoms with Crippen molar-refractivity contribution in [3.05, 3.63) is 82.4 Å². The number of alkyl halides is 3. The summed E-state index contributed by atoms with van der Waals surface area (Å²) in [5.41, 5.74) is 0.630. The lowest BCUT2D eigenvalue weighted by molar-refractivity contribution is -0.139. The van der Waals surface area contributed by atoms with Crippen LogP contribution in [0.2, 0.25) is 0 Å². The van der Waals surface area contributed by atoms with Crippen molar-refractivity contribution < 1.29 is 36.6 Å². The summed E-state index contributed by atoms with van der Waals surface area (Å²) in [7, 11) is -2.51. The van der Waals surface area contributed by atoms with E-state index in [9.17, 15) is 36.6 Å². The Morgan fingerprint density at radius 3 is 2.46 bits per heavy atom. The van der Waals surface area contributed by atoms with Gasteiger partial charge in [0, 0.05) is 30.6 Å². The van der Waals surface area contributed by atoms with Gasteiger partial charge in [-0.1, -0.05) is 17.9 Å². The summed E-state index contributed by atoms with van der Waals surface area (Å²) in [5, 5.41) is 20.4. The number of aromatic nitrogens is 1. The topological polar surface area (TPSA) is 109 Å². The molecule has 2 aromatic heterocycles. The number of aliphatic carboxylic acids is 1. The molecule has 2 aromatic carbocycles. The molecule has 0 saturated heterocycles. The SMILES string of the molecule is Cn1cc(CC(NS(=O)(=O)c2ccc(C#Cc3ccc(C(F)(F)F)cc3)s2)C(=O)O)c2c(O)cccc21. The van der Waals surface area contributed by atoms with Crippen molar-refractivity contribution in [2.45, 2.75) is 22.8 Å². The highest BCUT2D eigenvalue weighted by Gasteiger charge is 2.30. The fourth-order valence-electron chi connectivity index (χ4n) is 3.73. The Bertz CT molecular complexity index is 1640. The van der Waals surface area contributed by atoms with E-state index in [1.54, 1.807) is 29.9 Å². The summed E-state index contributed by atoms with van der Waals surface area (Å²) in [4.78, 5) is 12.2. The lowest BCUT2D eigenvalue weighted by Crippen LogP contribution is -2.42. The summed E-state index contributed by atoms with van der Waals surface area (Å²) >= 11 is 0.794. The smallest absolute Gasteiger partial charge is 0.416 e. The van der Waals surface area contributed by atoms with Gasteiger partial charge >= 0.3 is 12.1 Å². The number of aryl methyl sites for hydroxylation is 1. The third-order valence-corrected chi connectivity index (χ3v) is 8.44. The second kappa shape index (κ2) is 9.93. The van der Waals surface area contributed by atoms with Gasteiger partial charge in [0.15, 0.2) is 0 Å². The summed E-state index contributed by atoms with van der Waals surface area (Å²) in [5.74, 6) is 3.94. The zero-order valence-corrected chi connectivity index (χ0v) is 20.7. The molecule has 0 aliphatic carbocycles. The van der Waals surface area contributed by atoms with Gasteiger partial charge in [0.1, 0.15) is 16.0 Å². The third kappa shape index (κ3) is 5.80. The van der Waals surface area contributed by atoms with Gasteiger partial charge in [0.25, 0.3) is 10.0 Å². The Hall–Kier alpha value is -3.79. The number of carbonyl (C=O) groups is 1. The number of nitrogens with zero attached hydrogens (tertiary/aromatic N) is 1. The minimum atomic E-state index is -4.46. The number of carboxylic acid groups (broad SMARTS) is 1. The fraction of sp³-hybridized carbons (Fsp3) is 0.160. The predicted octanol–water partition coefficient (Wildman–Crippen LogP) is 4.34. The average Bonchev–Trinajstić information content (AvgIpc) is 3.43. The van der Waals surface area contributed by atoms with E-state index in [2.05, 4.69) is 16.6 Å². The number of phenols is 1. The largest absolute Gasteiger partial charge is 0.507 e. The fourth-order valence-corrected chi connectivity index (χ4v) is 6.09. The number of thiophene rings is 1. The maximum absolute atomic E-state index is 12.9. The zero-order chi connectivity index (χ0) is 27.0. The van der Waals surface area contributed by atoms with Crippen LogP contribution in [0.3, 0.4) is 0 Å². The van der Waals surface area contributed by atoms with Gasteiger partial charge in [-0.25, -0.2) is 8.42 Å². The quantitative estimate of drug-likeness (QED) is 0.311. The second-order valence-corrected chi connectivity index (χ2v) is 11.1. The maximum Gasteiger partial charge on any atom is 0.416 e. The van der Waals surface area contributed by atoms with E-state index in [0.717, 1.165) is 23.5 Å². The second-order valence-electron chi connectivity index (χ2n) is 8.10. The van der Waals surface area contributed by atoms with Crippen molar-refractivity contribution in [1.29, 1.82) is 0 Å². The standard InChI is InChI=1S/C25H19F3N2O5S2/c1-30-14-16(23-20(30)3-2-4-21(23)31)13-19(24(32)33)29-37(34,35)22-12-11-18(36-22)10-7-15-5-8-17(9-6-15)25(26,27)28/h2-6,8-9,11-12,14,19,29,31H,13H2,1H3,(H,32,33). The number of benzene rings is 2. The van der Waals surface area contributed by atoms with Gasteiger partial charge in [0.2, 0.25) is 0 Å². The van der Waals surface area contributed by atoms with Crippen LogP contribution in [0.15, 0.2) is 65.0 Å². The molecule has 4 aromatic rings. The van der Waals surface area contributed by atoms with Crippen LogP contribution in [-0.2, 0) is 34.5 Å². The number of hydrogen-bond donors (Lipinski definition) is 3. The first kappa shape index (κ1) is 26.3. The minimum Gasteiger partial charge on any atom is -0.507 e. The van der Waals surface area contributed by atoms with Crippen molar-refractivity contribution in [3.8, 4) is 17.6 Å². The van der Waals surface area contributed by atoms with Gasteiger partial charge in [-0.2, -0.15) is 17.9 Å². The number of rotatable bonds is 6. The van der Waals surface area contributed by atoms with Crippen LogP contribution in [0.4, 0.5) is 13.2 Å². The monoisotopic (exact) mass is 548 g/mol. The molecule has 192 valence electrons. The molecular formula is C25H19F3N2O5S2. The average molecular weight is 549 g/mol. The Balaban J connectivity index is 1.53. The highest BCUT2D eigenvalue weighted by atomic mass is 32.2. The molecule has 12 heteroatoms. The number of hydrogen-bond acceptors (Lipinski definition) is 5. The van der Waals surface area contributed by atoms with Crippen molar-refractivity contribution in [1.82, 2.24) is 9.29 Å². The Morgan fingerprint density at radius 1 is 1.11 bits per heavy atom. The van der Waals surface area contributed by atoms with Gasteiger partial charge in [-0.15, -0.1) is 11.3 Å². The predicted molar refractivity (Wildman–Crippen MR) is 132 cm³/mol. The molecule has 0 aliphatic rings. The molecule has 3 N–H and O–H groups in total. The van der Waals surface area contributed by atoms with Crippen molar-refractivity contribution in [3.63, 3.8) is 0 Å². The first-order chi connectivity index (χ1) is 17.3. The van der Waals surface area contributed by atoms with Crippen LogP contribution in [0, 0.1) is 11.8 Å². The Labute approximate surface area is 213 Å². The molecular weight excluding hydrogens is 529 g/mol. The summed E-state index contributed by atoms with van der Waals surface area (Å²) in [6.07, 6.45) is -3.04. The minimum absolute atomic E-state index is 0.0467. The highest BCUT2D eigenvalue weighted by molar-refractivity contribution is 7.91. The Kier molecular flexibility index (Phi) is 7.05. The maximum atomic E-state index is 12.9. The van der Waals surface area contributed by atoms with Crippen LogP contribution < -0.4 is 4.72 Å². The van der Waals surface area contributed by atoms with E-state index in [-0.39, 0.29) is 16.4 Å². The van der Waals surface area contributed by atoms with Crippen LogP contribution >= 0.6 is 11.3 Å². The summed E-state index contributed by atoms with van der Waals surface area (Å²) in [6.45, 7) is 0. The first-order valence-electron chi connectivity index (χ1n) is 10.7. The highest BCUT2D eigenvalue weighted by Crippen LogP contribution is 2.31. The molecule has 0 spiro atoms. The molecule has 0 amide bonds. The van der Waals surface area contributed by atoms with Gasteiger partial charge < -0.3 is 14.8 Å². The molecule has 0 aliphatic heterocycles. The van der Waals surface area contributed by atoms with Crippen molar-refractivity contribution in [2.24, 2.45) is 7.05 Å². The molecule has 0 radical (unpaired) electrons. The molecule has 7 nitrogen and oxygen atoms in total. The molecule has 37 heavy (non-hydrogen) atoms. The number of nitrogens with one attached hydrogen (secondary N) is 1. The van der Waals surface area contributed by atoms with E-state index in [1.165, 1.54) is 30.3 Å². The molecule has 0 bridgehead atoms. The van der Waals surface area contributed by atoms with Crippen LogP contribution in [0.25, 0.3) is 10.9 Å². The van der Waals surface area contributed by atoms with Crippen LogP contribution in [-0.4, -0.2) is 35.2 Å². The molecule has 4 rings (SSSR count). The van der Waals surface area contributed by atoms with Gasteiger partial charge in [-0.05, 0) is 54.1 Å². The zero-order valence-electron chi connectivity index (χ0n) is 19.1. The molecule has 1 unspecified atom stereocenters. The number of sulfonamides is 1. The van der Waals surface area contributed by atoms with Crippen LogP contribution in [0.5, 0.6) is 5.75 Å². The van der Waals surface area contributed by atoms with E-state index < -0.39 is 33.8 Å². The normalized spacial score (nSPS) is 12.8. The van der Waals surface area contributed by atoms with Crippen molar-refractivity contribution >= 4 is 38.2 Å².